The van der Waals surface area contributed by atoms with Crippen LogP contribution in [0.3, 0.4) is 0 Å². The van der Waals surface area contributed by atoms with Gasteiger partial charge in [-0.2, -0.15) is 4.98 Å². The molecule has 0 radical (unpaired) electrons. The first-order chi connectivity index (χ1) is 10.3. The average Bonchev–Trinajstić information content (AvgIpc) is 3.05. The number of benzene rings is 1. The van der Waals surface area contributed by atoms with Crippen molar-refractivity contribution in [2.45, 2.75) is 6.54 Å². The summed E-state index contributed by atoms with van der Waals surface area (Å²) in [5.41, 5.74) is 7.97. The Morgan fingerprint density at radius 1 is 1.19 bits per heavy atom. The van der Waals surface area contributed by atoms with Crippen molar-refractivity contribution >= 4 is 0 Å². The monoisotopic (exact) mass is 283 g/mol. The number of methoxy groups -OCH3 is 1. The SMILES string of the molecule is COc1cc(-c2noc(-c3ccc(CN)cc3)n2)ncn1. The minimum atomic E-state index is 0.383. The Morgan fingerprint density at radius 3 is 2.71 bits per heavy atom. The molecule has 1 aromatic carbocycles. The molecule has 3 aromatic rings. The number of nitrogens with zero attached hydrogens (tertiary/aromatic N) is 4. The van der Waals surface area contributed by atoms with Gasteiger partial charge in [0.15, 0.2) is 0 Å². The Balaban J connectivity index is 1.91. The third-order valence-electron chi connectivity index (χ3n) is 2.94. The zero-order chi connectivity index (χ0) is 14.7. The summed E-state index contributed by atoms with van der Waals surface area (Å²) in [6, 6.07) is 9.27. The molecule has 106 valence electrons. The molecular weight excluding hydrogens is 270 g/mol. The standard InChI is InChI=1S/C14H13N5O2/c1-20-12-6-11(16-8-17-12)13-18-14(21-19-13)10-4-2-9(7-15)3-5-10/h2-6,8H,7,15H2,1H3. The maximum absolute atomic E-state index is 5.57. The van der Waals surface area contributed by atoms with Crippen LogP contribution in [0.4, 0.5) is 0 Å². The Hall–Kier alpha value is -2.80. The van der Waals surface area contributed by atoms with Crippen LogP contribution in [0.25, 0.3) is 23.0 Å². The fourth-order valence-corrected chi connectivity index (χ4v) is 1.80. The number of rotatable bonds is 4. The van der Waals surface area contributed by atoms with E-state index in [1.54, 1.807) is 6.07 Å². The topological polar surface area (TPSA) is 100.0 Å². The lowest BCUT2D eigenvalue weighted by Gasteiger charge is -1.98. The van der Waals surface area contributed by atoms with E-state index in [1.807, 2.05) is 24.3 Å². The van der Waals surface area contributed by atoms with Gasteiger partial charge in [-0.25, -0.2) is 9.97 Å². The molecule has 7 nitrogen and oxygen atoms in total. The molecule has 0 atom stereocenters. The van der Waals surface area contributed by atoms with Crippen molar-refractivity contribution in [2.24, 2.45) is 5.73 Å². The maximum Gasteiger partial charge on any atom is 0.258 e. The molecule has 3 rings (SSSR count). The molecule has 0 amide bonds. The van der Waals surface area contributed by atoms with Crippen LogP contribution >= 0.6 is 0 Å². The predicted octanol–water partition coefficient (Wildman–Crippen LogP) is 1.66. The number of nitrogens with two attached hydrogens (primary N) is 1. The molecule has 0 aliphatic carbocycles. The van der Waals surface area contributed by atoms with Crippen LogP contribution in [0.15, 0.2) is 41.2 Å². The van der Waals surface area contributed by atoms with E-state index in [2.05, 4.69) is 20.1 Å². The van der Waals surface area contributed by atoms with Crippen molar-refractivity contribution in [1.82, 2.24) is 20.1 Å². The Labute approximate surface area is 120 Å². The van der Waals surface area contributed by atoms with E-state index in [0.29, 0.717) is 29.8 Å². The van der Waals surface area contributed by atoms with Crippen LogP contribution in [0.5, 0.6) is 5.88 Å². The minimum Gasteiger partial charge on any atom is -0.481 e. The third kappa shape index (κ3) is 2.72. The van der Waals surface area contributed by atoms with Gasteiger partial charge in [-0.3, -0.25) is 0 Å². The van der Waals surface area contributed by atoms with E-state index < -0.39 is 0 Å². The van der Waals surface area contributed by atoms with E-state index in [1.165, 1.54) is 13.4 Å². The first-order valence-electron chi connectivity index (χ1n) is 6.29. The van der Waals surface area contributed by atoms with Crippen molar-refractivity contribution in [3.8, 4) is 28.9 Å². The van der Waals surface area contributed by atoms with Crippen LogP contribution < -0.4 is 10.5 Å². The second-order valence-corrected chi connectivity index (χ2v) is 4.27. The van der Waals surface area contributed by atoms with Gasteiger partial charge in [-0.05, 0) is 17.7 Å². The lowest BCUT2D eigenvalue weighted by Crippen LogP contribution is -1.95. The molecule has 0 aliphatic rings. The largest absolute Gasteiger partial charge is 0.481 e. The molecule has 2 aromatic heterocycles. The number of aromatic nitrogens is 4. The third-order valence-corrected chi connectivity index (χ3v) is 2.94. The minimum absolute atomic E-state index is 0.383. The van der Waals surface area contributed by atoms with E-state index in [-0.39, 0.29) is 0 Å². The summed E-state index contributed by atoms with van der Waals surface area (Å²) < 4.78 is 10.3. The molecule has 0 aliphatic heterocycles. The fourth-order valence-electron chi connectivity index (χ4n) is 1.80. The summed E-state index contributed by atoms with van der Waals surface area (Å²) in [6.45, 7) is 0.496. The summed E-state index contributed by atoms with van der Waals surface area (Å²) in [6.07, 6.45) is 1.39. The second kappa shape index (κ2) is 5.68. The number of hydrogen-bond acceptors (Lipinski definition) is 7. The predicted molar refractivity (Wildman–Crippen MR) is 75.2 cm³/mol. The summed E-state index contributed by atoms with van der Waals surface area (Å²) in [5, 5.41) is 3.92. The van der Waals surface area contributed by atoms with Crippen molar-refractivity contribution in [2.75, 3.05) is 7.11 Å². The van der Waals surface area contributed by atoms with Gasteiger partial charge in [-0.1, -0.05) is 17.3 Å². The molecule has 0 fully saturated rings. The fraction of sp³-hybridized carbons (Fsp3) is 0.143. The molecule has 2 N–H and O–H groups in total. The molecule has 0 bridgehead atoms. The molecule has 21 heavy (non-hydrogen) atoms. The second-order valence-electron chi connectivity index (χ2n) is 4.27. The molecule has 2 heterocycles. The summed E-state index contributed by atoms with van der Waals surface area (Å²) >= 11 is 0. The van der Waals surface area contributed by atoms with Crippen molar-refractivity contribution in [3.05, 3.63) is 42.2 Å². The van der Waals surface area contributed by atoms with Gasteiger partial charge in [0.05, 0.1) is 7.11 Å². The molecule has 0 saturated heterocycles. The lowest BCUT2D eigenvalue weighted by molar-refractivity contribution is 0.397. The number of hydrogen-bond donors (Lipinski definition) is 1. The van der Waals surface area contributed by atoms with E-state index in [0.717, 1.165) is 11.1 Å². The van der Waals surface area contributed by atoms with Gasteiger partial charge >= 0.3 is 0 Å². The lowest BCUT2D eigenvalue weighted by atomic mass is 10.1. The first-order valence-corrected chi connectivity index (χ1v) is 6.29. The normalized spacial score (nSPS) is 10.6. The van der Waals surface area contributed by atoms with Gasteiger partial charge in [0.1, 0.15) is 12.0 Å². The van der Waals surface area contributed by atoms with Crippen molar-refractivity contribution < 1.29 is 9.26 Å². The number of ether oxygens (including phenoxy) is 1. The van der Waals surface area contributed by atoms with Gasteiger partial charge in [0.25, 0.3) is 5.89 Å². The smallest absolute Gasteiger partial charge is 0.258 e. The highest BCUT2D eigenvalue weighted by atomic mass is 16.5. The van der Waals surface area contributed by atoms with Gasteiger partial charge in [0, 0.05) is 18.2 Å². The van der Waals surface area contributed by atoms with Crippen molar-refractivity contribution in [3.63, 3.8) is 0 Å². The Bertz CT molecular complexity index is 739. The zero-order valence-corrected chi connectivity index (χ0v) is 11.4. The highest BCUT2D eigenvalue weighted by molar-refractivity contribution is 5.57. The molecular formula is C14H13N5O2. The Kier molecular flexibility index (Phi) is 3.57. The summed E-state index contributed by atoms with van der Waals surface area (Å²) in [5.74, 6) is 1.25. The highest BCUT2D eigenvalue weighted by Crippen LogP contribution is 2.22. The van der Waals surface area contributed by atoms with Gasteiger partial charge in [0.2, 0.25) is 11.7 Å². The van der Waals surface area contributed by atoms with Crippen LogP contribution in [0.2, 0.25) is 0 Å². The van der Waals surface area contributed by atoms with E-state index in [9.17, 15) is 0 Å². The van der Waals surface area contributed by atoms with Gasteiger partial charge in [-0.15, -0.1) is 0 Å². The first kappa shape index (κ1) is 13.2. The van der Waals surface area contributed by atoms with Crippen LogP contribution in [0, 0.1) is 0 Å². The van der Waals surface area contributed by atoms with Crippen LogP contribution in [-0.2, 0) is 6.54 Å². The maximum atomic E-state index is 5.57. The quantitative estimate of drug-likeness (QED) is 0.777. The molecule has 0 unspecified atom stereocenters. The molecule has 7 heteroatoms. The summed E-state index contributed by atoms with van der Waals surface area (Å²) in [4.78, 5) is 12.4. The Morgan fingerprint density at radius 2 is 2.00 bits per heavy atom. The van der Waals surface area contributed by atoms with Gasteiger partial charge < -0.3 is 15.0 Å². The zero-order valence-electron chi connectivity index (χ0n) is 11.4. The van der Waals surface area contributed by atoms with Crippen LogP contribution in [0.1, 0.15) is 5.56 Å². The average molecular weight is 283 g/mol. The molecule has 0 saturated carbocycles. The van der Waals surface area contributed by atoms with Crippen LogP contribution in [-0.4, -0.2) is 27.2 Å². The highest BCUT2D eigenvalue weighted by Gasteiger charge is 2.12. The van der Waals surface area contributed by atoms with Crippen molar-refractivity contribution in [1.29, 1.82) is 0 Å². The van der Waals surface area contributed by atoms with E-state index >= 15 is 0 Å². The summed E-state index contributed by atoms with van der Waals surface area (Å²) in [7, 11) is 1.53. The van der Waals surface area contributed by atoms with E-state index in [4.69, 9.17) is 15.0 Å². The molecule has 0 spiro atoms.